The first-order valence-electron chi connectivity index (χ1n) is 4.89. The van der Waals surface area contributed by atoms with E-state index in [0.29, 0.717) is 5.56 Å². The normalized spacial score (nSPS) is 9.88. The van der Waals surface area contributed by atoms with Crippen LogP contribution in [0.15, 0.2) is 12.1 Å². The third kappa shape index (κ3) is 3.61. The molecule has 0 unspecified atom stereocenters. The van der Waals surface area contributed by atoms with Crippen molar-refractivity contribution in [1.29, 1.82) is 0 Å². The Balaban J connectivity index is 3.01. The van der Waals surface area contributed by atoms with Crippen molar-refractivity contribution in [2.75, 3.05) is 11.9 Å². The number of nitrogens with one attached hydrogen (secondary N) is 1. The van der Waals surface area contributed by atoms with E-state index in [4.69, 9.17) is 27.9 Å². The number of rotatable bonds is 3. The molecule has 0 aliphatic rings. The Kier molecular flexibility index (Phi) is 4.78. The number of anilines is 1. The summed E-state index contributed by atoms with van der Waals surface area (Å²) in [6.07, 6.45) is -0.646. The number of carbonyl (C=O) groups is 2. The van der Waals surface area contributed by atoms with Gasteiger partial charge in [-0.2, -0.15) is 0 Å². The third-order valence-electron chi connectivity index (χ3n) is 1.95. The molecular formula is C11H11Cl2NO3. The summed E-state index contributed by atoms with van der Waals surface area (Å²) in [5.41, 5.74) is 0.617. The maximum atomic E-state index is 11.2. The lowest BCUT2D eigenvalue weighted by Crippen LogP contribution is -2.14. The van der Waals surface area contributed by atoms with Crippen molar-refractivity contribution in [2.45, 2.75) is 13.8 Å². The Labute approximate surface area is 109 Å². The summed E-state index contributed by atoms with van der Waals surface area (Å²) in [4.78, 5) is 22.4. The summed E-state index contributed by atoms with van der Waals surface area (Å²) >= 11 is 11.8. The largest absolute Gasteiger partial charge is 0.450 e. The fourth-order valence-corrected chi connectivity index (χ4v) is 1.75. The molecule has 6 heteroatoms. The first-order valence-corrected chi connectivity index (χ1v) is 5.65. The van der Waals surface area contributed by atoms with E-state index >= 15 is 0 Å². The maximum absolute atomic E-state index is 11.2. The van der Waals surface area contributed by atoms with Crippen LogP contribution in [0.5, 0.6) is 0 Å². The molecule has 0 aliphatic carbocycles. The minimum Gasteiger partial charge on any atom is -0.450 e. The van der Waals surface area contributed by atoms with Gasteiger partial charge in [-0.3, -0.25) is 10.1 Å². The highest BCUT2D eigenvalue weighted by molar-refractivity contribution is 6.40. The highest BCUT2D eigenvalue weighted by Crippen LogP contribution is 2.32. The minimum absolute atomic E-state index is 0.156. The number of halogens is 2. The summed E-state index contributed by atoms with van der Waals surface area (Å²) in [6.45, 7) is 3.33. The molecule has 1 aromatic rings. The summed E-state index contributed by atoms with van der Waals surface area (Å²) in [5, 5.41) is 2.79. The van der Waals surface area contributed by atoms with Gasteiger partial charge in [0.2, 0.25) is 0 Å². The zero-order chi connectivity index (χ0) is 13.0. The third-order valence-corrected chi connectivity index (χ3v) is 2.55. The molecule has 4 nitrogen and oxygen atoms in total. The van der Waals surface area contributed by atoms with Crippen LogP contribution in [0.4, 0.5) is 10.5 Å². The quantitative estimate of drug-likeness (QED) is 0.855. The highest BCUT2D eigenvalue weighted by Gasteiger charge is 2.13. The predicted octanol–water partition coefficient (Wildman–Crippen LogP) is 3.76. The van der Waals surface area contributed by atoms with E-state index in [2.05, 4.69) is 5.32 Å². The lowest BCUT2D eigenvalue weighted by atomic mass is 10.1. The van der Waals surface area contributed by atoms with Crippen LogP contribution >= 0.6 is 23.2 Å². The molecule has 0 bridgehead atoms. The van der Waals surface area contributed by atoms with Crippen molar-refractivity contribution in [1.82, 2.24) is 0 Å². The van der Waals surface area contributed by atoms with Gasteiger partial charge in [0.1, 0.15) is 0 Å². The monoisotopic (exact) mass is 275 g/mol. The number of ether oxygens (including phenoxy) is 1. The van der Waals surface area contributed by atoms with Gasteiger partial charge < -0.3 is 4.74 Å². The number of amides is 1. The van der Waals surface area contributed by atoms with E-state index < -0.39 is 6.09 Å². The molecule has 1 N–H and O–H groups in total. The SMILES string of the molecule is CCOC(=O)Nc1c(Cl)cc(C(C)=O)cc1Cl. The van der Waals surface area contributed by atoms with Crippen LogP contribution in [0.2, 0.25) is 10.0 Å². The minimum atomic E-state index is -0.646. The van der Waals surface area contributed by atoms with Gasteiger partial charge in [0.25, 0.3) is 0 Å². The van der Waals surface area contributed by atoms with Gasteiger partial charge in [0, 0.05) is 5.56 Å². The van der Waals surface area contributed by atoms with E-state index in [0.717, 1.165) is 0 Å². The lowest BCUT2D eigenvalue weighted by Gasteiger charge is -2.10. The molecule has 0 radical (unpaired) electrons. The first kappa shape index (κ1) is 13.8. The van der Waals surface area contributed by atoms with Gasteiger partial charge in [-0.15, -0.1) is 0 Å². The number of benzene rings is 1. The summed E-state index contributed by atoms with van der Waals surface area (Å²) < 4.78 is 4.70. The van der Waals surface area contributed by atoms with Crippen LogP contribution in [-0.2, 0) is 4.74 Å². The second-order valence-electron chi connectivity index (χ2n) is 3.22. The van der Waals surface area contributed by atoms with E-state index in [-0.39, 0.29) is 28.1 Å². The van der Waals surface area contributed by atoms with Crippen molar-refractivity contribution in [3.63, 3.8) is 0 Å². The van der Waals surface area contributed by atoms with E-state index in [1.54, 1.807) is 6.92 Å². The first-order chi connectivity index (χ1) is 7.95. The summed E-state index contributed by atoms with van der Waals surface area (Å²) in [5.74, 6) is -0.156. The van der Waals surface area contributed by atoms with Crippen LogP contribution < -0.4 is 5.32 Å². The van der Waals surface area contributed by atoms with Gasteiger partial charge in [-0.1, -0.05) is 23.2 Å². The number of Topliss-reactive ketones (excluding diaryl/α,β-unsaturated/α-hetero) is 1. The molecule has 17 heavy (non-hydrogen) atoms. The smallest absolute Gasteiger partial charge is 0.411 e. The molecule has 0 spiro atoms. The predicted molar refractivity (Wildman–Crippen MR) is 67.1 cm³/mol. The van der Waals surface area contributed by atoms with Crippen LogP contribution in [0.25, 0.3) is 0 Å². The van der Waals surface area contributed by atoms with Crippen molar-refractivity contribution >= 4 is 40.8 Å². The molecule has 0 atom stereocenters. The zero-order valence-electron chi connectivity index (χ0n) is 9.34. The molecule has 0 fully saturated rings. The molecule has 0 heterocycles. The van der Waals surface area contributed by atoms with Crippen molar-refractivity contribution in [2.24, 2.45) is 0 Å². The zero-order valence-corrected chi connectivity index (χ0v) is 10.9. The Hall–Kier alpha value is -1.26. The van der Waals surface area contributed by atoms with Crippen molar-refractivity contribution in [3.8, 4) is 0 Å². The fraction of sp³-hybridized carbons (Fsp3) is 0.273. The van der Waals surface area contributed by atoms with E-state index in [1.165, 1.54) is 19.1 Å². The van der Waals surface area contributed by atoms with Crippen molar-refractivity contribution < 1.29 is 14.3 Å². The molecule has 1 rings (SSSR count). The molecule has 92 valence electrons. The average Bonchev–Trinajstić information content (AvgIpc) is 2.23. The standard InChI is InChI=1S/C11H11Cl2NO3/c1-3-17-11(16)14-10-8(12)4-7(6(2)15)5-9(10)13/h4-5H,3H2,1-2H3,(H,14,16). The van der Waals surface area contributed by atoms with Gasteiger partial charge in [0.15, 0.2) is 5.78 Å². The van der Waals surface area contributed by atoms with Crippen LogP contribution in [0.3, 0.4) is 0 Å². The number of hydrogen-bond donors (Lipinski definition) is 1. The van der Waals surface area contributed by atoms with Crippen LogP contribution in [-0.4, -0.2) is 18.5 Å². The molecule has 0 aliphatic heterocycles. The second kappa shape index (κ2) is 5.89. The van der Waals surface area contributed by atoms with Crippen molar-refractivity contribution in [3.05, 3.63) is 27.7 Å². The Bertz CT molecular complexity index is 437. The molecular weight excluding hydrogens is 265 g/mol. The van der Waals surface area contributed by atoms with Gasteiger partial charge >= 0.3 is 6.09 Å². The average molecular weight is 276 g/mol. The van der Waals surface area contributed by atoms with Crippen LogP contribution in [0.1, 0.15) is 24.2 Å². The Morgan fingerprint density at radius 3 is 2.24 bits per heavy atom. The summed E-state index contributed by atoms with van der Waals surface area (Å²) in [7, 11) is 0. The van der Waals surface area contributed by atoms with E-state index in [1.807, 2.05) is 0 Å². The molecule has 1 amide bonds. The topological polar surface area (TPSA) is 55.4 Å². The maximum Gasteiger partial charge on any atom is 0.411 e. The Morgan fingerprint density at radius 2 is 1.82 bits per heavy atom. The van der Waals surface area contributed by atoms with Gasteiger partial charge in [-0.25, -0.2) is 4.79 Å². The molecule has 0 aromatic heterocycles. The fourth-order valence-electron chi connectivity index (χ4n) is 1.17. The van der Waals surface area contributed by atoms with Gasteiger partial charge in [0.05, 0.1) is 22.3 Å². The highest BCUT2D eigenvalue weighted by atomic mass is 35.5. The number of hydrogen-bond acceptors (Lipinski definition) is 3. The molecule has 1 aromatic carbocycles. The Morgan fingerprint density at radius 1 is 1.29 bits per heavy atom. The van der Waals surface area contributed by atoms with Gasteiger partial charge in [-0.05, 0) is 26.0 Å². The summed E-state index contributed by atoms with van der Waals surface area (Å²) in [6, 6.07) is 2.88. The number of ketones is 1. The second-order valence-corrected chi connectivity index (χ2v) is 4.03. The molecule has 0 saturated carbocycles. The van der Waals surface area contributed by atoms with E-state index in [9.17, 15) is 9.59 Å². The lowest BCUT2D eigenvalue weighted by molar-refractivity contribution is 0.101. The molecule has 0 saturated heterocycles. The number of carbonyl (C=O) groups excluding carboxylic acids is 2. The van der Waals surface area contributed by atoms with Crippen LogP contribution in [0, 0.1) is 0 Å².